The number of fused-ring (bicyclic) bond motifs is 1. The lowest BCUT2D eigenvalue weighted by Crippen LogP contribution is -2.25. The van der Waals surface area contributed by atoms with Crippen molar-refractivity contribution in [1.29, 1.82) is 0 Å². The van der Waals surface area contributed by atoms with E-state index in [2.05, 4.69) is 48.8 Å². The zero-order valence-corrected chi connectivity index (χ0v) is 12.8. The summed E-state index contributed by atoms with van der Waals surface area (Å²) >= 11 is 1.40. The minimum Gasteiger partial charge on any atom is -0.326 e. The van der Waals surface area contributed by atoms with E-state index in [1.54, 1.807) is 6.20 Å². The van der Waals surface area contributed by atoms with E-state index >= 15 is 0 Å². The minimum atomic E-state index is 0.575. The van der Waals surface area contributed by atoms with Crippen molar-refractivity contribution >= 4 is 34.8 Å². The number of rotatable bonds is 3. The highest BCUT2D eigenvalue weighted by Crippen LogP contribution is 2.32. The summed E-state index contributed by atoms with van der Waals surface area (Å²) in [6.45, 7) is 0.976. The topological polar surface area (TPSA) is 53.9 Å². The molecule has 0 unspecified atom stereocenters. The SMILES string of the molecule is c1ccc2c(c1)CCCN2c1ccnc(Nc2ccsn2)n1. The monoisotopic (exact) mass is 309 g/mol. The molecule has 0 fully saturated rings. The molecule has 1 aromatic carbocycles. The maximum Gasteiger partial charge on any atom is 0.230 e. The Morgan fingerprint density at radius 2 is 2.09 bits per heavy atom. The second-order valence-corrected chi connectivity index (χ2v) is 5.80. The van der Waals surface area contributed by atoms with E-state index in [1.165, 1.54) is 22.8 Å². The maximum absolute atomic E-state index is 4.64. The Labute approximate surface area is 132 Å². The van der Waals surface area contributed by atoms with Gasteiger partial charge in [0, 0.05) is 23.8 Å². The van der Waals surface area contributed by atoms with Gasteiger partial charge in [-0.15, -0.1) is 0 Å². The summed E-state index contributed by atoms with van der Waals surface area (Å²) in [5, 5.41) is 5.06. The van der Waals surface area contributed by atoms with E-state index in [4.69, 9.17) is 0 Å². The van der Waals surface area contributed by atoms with Crippen LogP contribution >= 0.6 is 11.5 Å². The number of hydrogen-bond donors (Lipinski definition) is 1. The summed E-state index contributed by atoms with van der Waals surface area (Å²) < 4.78 is 4.23. The summed E-state index contributed by atoms with van der Waals surface area (Å²) in [5.74, 6) is 2.27. The Kier molecular flexibility index (Phi) is 3.44. The number of para-hydroxylation sites is 1. The molecule has 1 aliphatic rings. The Morgan fingerprint density at radius 3 is 3.00 bits per heavy atom. The first-order chi connectivity index (χ1) is 10.9. The predicted octanol–water partition coefficient (Wildman–Crippen LogP) is 3.76. The fourth-order valence-electron chi connectivity index (χ4n) is 2.72. The lowest BCUT2D eigenvalue weighted by molar-refractivity contribution is 0.759. The van der Waals surface area contributed by atoms with Crippen LogP contribution in [0.1, 0.15) is 12.0 Å². The number of nitrogens with one attached hydrogen (secondary N) is 1. The van der Waals surface area contributed by atoms with Gasteiger partial charge in [0.25, 0.3) is 0 Å². The molecule has 0 bridgehead atoms. The molecule has 0 saturated carbocycles. The van der Waals surface area contributed by atoms with E-state index < -0.39 is 0 Å². The van der Waals surface area contributed by atoms with Gasteiger partial charge in [0.15, 0.2) is 0 Å². The molecule has 3 aromatic rings. The largest absolute Gasteiger partial charge is 0.326 e. The van der Waals surface area contributed by atoms with Gasteiger partial charge in [-0.25, -0.2) is 4.98 Å². The molecule has 0 spiro atoms. The third-order valence-electron chi connectivity index (χ3n) is 3.71. The van der Waals surface area contributed by atoms with Crippen molar-refractivity contribution in [3.63, 3.8) is 0 Å². The number of anilines is 4. The molecule has 1 aliphatic heterocycles. The van der Waals surface area contributed by atoms with Crippen molar-refractivity contribution in [3.05, 3.63) is 53.5 Å². The first kappa shape index (κ1) is 13.2. The average Bonchev–Trinajstić information content (AvgIpc) is 3.07. The van der Waals surface area contributed by atoms with Gasteiger partial charge in [-0.3, -0.25) is 0 Å². The normalized spacial score (nSPS) is 13.7. The predicted molar refractivity (Wildman–Crippen MR) is 89.2 cm³/mol. The quantitative estimate of drug-likeness (QED) is 0.798. The van der Waals surface area contributed by atoms with Gasteiger partial charge >= 0.3 is 0 Å². The van der Waals surface area contributed by atoms with Crippen LogP contribution < -0.4 is 10.2 Å². The molecule has 4 rings (SSSR count). The van der Waals surface area contributed by atoms with E-state index in [9.17, 15) is 0 Å². The second-order valence-electron chi connectivity index (χ2n) is 5.13. The molecule has 22 heavy (non-hydrogen) atoms. The molecule has 0 atom stereocenters. The molecular formula is C16H15N5S. The van der Waals surface area contributed by atoms with Crippen molar-refractivity contribution < 1.29 is 0 Å². The molecule has 0 amide bonds. The van der Waals surface area contributed by atoms with E-state index in [0.29, 0.717) is 5.95 Å². The van der Waals surface area contributed by atoms with Crippen LogP contribution in [0.5, 0.6) is 0 Å². The van der Waals surface area contributed by atoms with Crippen LogP contribution in [0.3, 0.4) is 0 Å². The van der Waals surface area contributed by atoms with Crippen LogP contribution in [0.2, 0.25) is 0 Å². The maximum atomic E-state index is 4.64. The molecule has 6 heteroatoms. The lowest BCUT2D eigenvalue weighted by Gasteiger charge is -2.30. The molecule has 0 aliphatic carbocycles. The van der Waals surface area contributed by atoms with Crippen LogP contribution in [-0.4, -0.2) is 20.9 Å². The highest BCUT2D eigenvalue weighted by Gasteiger charge is 2.19. The van der Waals surface area contributed by atoms with Gasteiger partial charge in [0.05, 0.1) is 0 Å². The summed E-state index contributed by atoms with van der Waals surface area (Å²) in [6, 6.07) is 12.4. The Morgan fingerprint density at radius 1 is 1.14 bits per heavy atom. The van der Waals surface area contributed by atoms with Gasteiger partial charge in [-0.05, 0) is 48.1 Å². The highest BCUT2D eigenvalue weighted by atomic mass is 32.1. The first-order valence-electron chi connectivity index (χ1n) is 7.26. The van der Waals surface area contributed by atoms with E-state index in [-0.39, 0.29) is 0 Å². The van der Waals surface area contributed by atoms with Crippen LogP contribution in [-0.2, 0) is 6.42 Å². The third kappa shape index (κ3) is 2.53. The van der Waals surface area contributed by atoms with Crippen molar-refractivity contribution in [1.82, 2.24) is 14.3 Å². The summed E-state index contributed by atoms with van der Waals surface area (Å²) in [7, 11) is 0. The molecule has 3 heterocycles. The van der Waals surface area contributed by atoms with Crippen LogP contribution in [0.15, 0.2) is 48.0 Å². The van der Waals surface area contributed by atoms with Gasteiger partial charge in [-0.2, -0.15) is 9.36 Å². The van der Waals surface area contributed by atoms with Crippen molar-refractivity contribution in [3.8, 4) is 0 Å². The van der Waals surface area contributed by atoms with Gasteiger partial charge in [-0.1, -0.05) is 18.2 Å². The number of hydrogen-bond acceptors (Lipinski definition) is 6. The van der Waals surface area contributed by atoms with Gasteiger partial charge < -0.3 is 10.2 Å². The van der Waals surface area contributed by atoms with Crippen molar-refractivity contribution in [2.24, 2.45) is 0 Å². The number of aromatic nitrogens is 3. The highest BCUT2D eigenvalue weighted by molar-refractivity contribution is 7.03. The summed E-state index contributed by atoms with van der Waals surface area (Å²) in [6.07, 6.45) is 4.05. The number of aryl methyl sites for hydroxylation is 1. The van der Waals surface area contributed by atoms with Crippen molar-refractivity contribution in [2.75, 3.05) is 16.8 Å². The summed E-state index contributed by atoms with van der Waals surface area (Å²) in [4.78, 5) is 11.2. The second kappa shape index (κ2) is 5.73. The molecule has 0 saturated heterocycles. The Bertz CT molecular complexity index is 772. The zero-order chi connectivity index (χ0) is 14.8. The summed E-state index contributed by atoms with van der Waals surface area (Å²) in [5.41, 5.74) is 2.62. The molecular weight excluding hydrogens is 294 g/mol. The smallest absolute Gasteiger partial charge is 0.230 e. The van der Waals surface area contributed by atoms with Crippen molar-refractivity contribution in [2.45, 2.75) is 12.8 Å². The van der Waals surface area contributed by atoms with Crippen LogP contribution in [0.4, 0.5) is 23.3 Å². The molecule has 2 aromatic heterocycles. The Hall–Kier alpha value is -2.47. The Balaban J connectivity index is 1.66. The van der Waals surface area contributed by atoms with Gasteiger partial charge in [0.2, 0.25) is 5.95 Å². The average molecular weight is 309 g/mol. The van der Waals surface area contributed by atoms with Crippen LogP contribution in [0, 0.1) is 0 Å². The fraction of sp³-hybridized carbons (Fsp3) is 0.188. The van der Waals surface area contributed by atoms with E-state index in [1.807, 2.05) is 17.5 Å². The third-order valence-corrected chi connectivity index (χ3v) is 4.27. The molecule has 110 valence electrons. The fourth-order valence-corrected chi connectivity index (χ4v) is 3.19. The zero-order valence-electron chi connectivity index (χ0n) is 11.9. The molecule has 5 nitrogen and oxygen atoms in total. The minimum absolute atomic E-state index is 0.575. The van der Waals surface area contributed by atoms with Crippen LogP contribution in [0.25, 0.3) is 0 Å². The number of nitrogens with zero attached hydrogens (tertiary/aromatic N) is 4. The molecule has 0 radical (unpaired) electrons. The lowest BCUT2D eigenvalue weighted by atomic mass is 10.0. The van der Waals surface area contributed by atoms with E-state index in [0.717, 1.165) is 31.0 Å². The molecule has 1 N–H and O–H groups in total. The van der Waals surface area contributed by atoms with Gasteiger partial charge in [0.1, 0.15) is 11.6 Å². The number of benzene rings is 1. The standard InChI is InChI=1S/C16H15N5S/c1-2-6-13-12(4-1)5-3-10-21(13)15-7-9-17-16(19-15)18-14-8-11-22-20-14/h1-2,4,6-9,11H,3,5,10H2,(H,17,18,19,20). The first-order valence-corrected chi connectivity index (χ1v) is 8.10.